The summed E-state index contributed by atoms with van der Waals surface area (Å²) < 4.78 is 6.03. The zero-order valence-electron chi connectivity index (χ0n) is 11.5. The number of nitrogens with zero attached hydrogens (tertiary/aromatic N) is 1. The van der Waals surface area contributed by atoms with Gasteiger partial charge in [-0.2, -0.15) is 0 Å². The molecule has 0 aliphatic carbocycles. The minimum absolute atomic E-state index is 0.731. The maximum absolute atomic E-state index is 10.7. The first kappa shape index (κ1) is 14.0. The number of pyridine rings is 1. The molecule has 3 nitrogen and oxygen atoms in total. The van der Waals surface area contributed by atoms with Crippen molar-refractivity contribution >= 4 is 26.7 Å². The lowest BCUT2D eigenvalue weighted by atomic mass is 9.98. The summed E-state index contributed by atoms with van der Waals surface area (Å²) in [6.07, 6.45) is 2.78. The molecule has 1 heterocycles. The fourth-order valence-corrected chi connectivity index (χ4v) is 2.95. The molecule has 106 valence electrons. The van der Waals surface area contributed by atoms with E-state index in [2.05, 4.69) is 20.9 Å². The maximum atomic E-state index is 10.7. The summed E-state index contributed by atoms with van der Waals surface area (Å²) in [5.74, 6) is 0.738. The number of halogens is 1. The van der Waals surface area contributed by atoms with Gasteiger partial charge in [-0.05, 0) is 39.0 Å². The Morgan fingerprint density at radius 3 is 2.71 bits per heavy atom. The van der Waals surface area contributed by atoms with Gasteiger partial charge in [0.2, 0.25) is 0 Å². The standard InChI is InChI=1S/C17H14BrNO2/c1-21-16-7-6-11(8-15(16)18)17(20)14-10-19-9-12-4-2-3-5-13(12)14/h2-10,17,20H,1H3. The highest BCUT2D eigenvalue weighted by Gasteiger charge is 2.15. The van der Waals surface area contributed by atoms with E-state index in [4.69, 9.17) is 4.74 Å². The van der Waals surface area contributed by atoms with Gasteiger partial charge in [-0.25, -0.2) is 0 Å². The molecule has 1 unspecified atom stereocenters. The quantitative estimate of drug-likeness (QED) is 0.778. The molecule has 3 aromatic rings. The van der Waals surface area contributed by atoms with Crippen LogP contribution < -0.4 is 4.74 Å². The summed E-state index contributed by atoms with van der Waals surface area (Å²) in [5, 5.41) is 12.7. The molecule has 0 aliphatic rings. The van der Waals surface area contributed by atoms with Crippen LogP contribution in [-0.2, 0) is 0 Å². The zero-order chi connectivity index (χ0) is 14.8. The summed E-state index contributed by atoms with van der Waals surface area (Å²) >= 11 is 3.45. The molecular weight excluding hydrogens is 330 g/mol. The molecule has 0 saturated carbocycles. The van der Waals surface area contributed by atoms with E-state index in [1.165, 1.54) is 0 Å². The minimum Gasteiger partial charge on any atom is -0.496 e. The Morgan fingerprint density at radius 2 is 1.95 bits per heavy atom. The predicted octanol–water partition coefficient (Wildman–Crippen LogP) is 4.09. The van der Waals surface area contributed by atoms with Crippen LogP contribution in [-0.4, -0.2) is 17.2 Å². The monoisotopic (exact) mass is 343 g/mol. The number of fused-ring (bicyclic) bond motifs is 1. The van der Waals surface area contributed by atoms with E-state index in [0.717, 1.165) is 32.1 Å². The summed E-state index contributed by atoms with van der Waals surface area (Å²) in [5.41, 5.74) is 1.59. The average Bonchev–Trinajstić information content (AvgIpc) is 2.53. The largest absolute Gasteiger partial charge is 0.496 e. The van der Waals surface area contributed by atoms with Crippen molar-refractivity contribution in [1.82, 2.24) is 4.98 Å². The van der Waals surface area contributed by atoms with Gasteiger partial charge in [-0.15, -0.1) is 0 Å². The Kier molecular flexibility index (Phi) is 3.90. The van der Waals surface area contributed by atoms with E-state index in [-0.39, 0.29) is 0 Å². The molecule has 21 heavy (non-hydrogen) atoms. The molecule has 1 N–H and O–H groups in total. The molecule has 0 spiro atoms. The van der Waals surface area contributed by atoms with E-state index in [9.17, 15) is 5.11 Å². The number of benzene rings is 2. The van der Waals surface area contributed by atoms with E-state index < -0.39 is 6.10 Å². The fraction of sp³-hybridized carbons (Fsp3) is 0.118. The Morgan fingerprint density at radius 1 is 1.14 bits per heavy atom. The van der Waals surface area contributed by atoms with Gasteiger partial charge in [0.15, 0.2) is 0 Å². The van der Waals surface area contributed by atoms with Gasteiger partial charge in [0, 0.05) is 23.3 Å². The minimum atomic E-state index is -0.731. The normalized spacial score (nSPS) is 12.3. The topological polar surface area (TPSA) is 42.4 Å². The molecule has 0 bridgehead atoms. The third-order valence-corrected chi connectivity index (χ3v) is 4.10. The van der Waals surface area contributed by atoms with Gasteiger partial charge in [-0.1, -0.05) is 30.3 Å². The third kappa shape index (κ3) is 2.64. The molecule has 0 saturated heterocycles. The molecule has 0 amide bonds. The number of aliphatic hydroxyl groups is 1. The lowest BCUT2D eigenvalue weighted by Gasteiger charge is -2.15. The van der Waals surface area contributed by atoms with Crippen LogP contribution in [0.1, 0.15) is 17.2 Å². The van der Waals surface area contributed by atoms with Gasteiger partial charge in [0.25, 0.3) is 0 Å². The van der Waals surface area contributed by atoms with Gasteiger partial charge in [-0.3, -0.25) is 4.98 Å². The highest BCUT2D eigenvalue weighted by molar-refractivity contribution is 9.10. The lowest BCUT2D eigenvalue weighted by molar-refractivity contribution is 0.221. The van der Waals surface area contributed by atoms with Crippen molar-refractivity contribution in [3.8, 4) is 5.75 Å². The SMILES string of the molecule is COc1ccc(C(O)c2cncc3ccccc23)cc1Br. The van der Waals surface area contributed by atoms with E-state index in [1.54, 1.807) is 19.5 Å². The summed E-state index contributed by atoms with van der Waals surface area (Å²) in [4.78, 5) is 4.22. The number of aromatic nitrogens is 1. The average molecular weight is 344 g/mol. The van der Waals surface area contributed by atoms with Crippen LogP contribution in [0.2, 0.25) is 0 Å². The fourth-order valence-electron chi connectivity index (χ4n) is 2.39. The molecule has 4 heteroatoms. The maximum Gasteiger partial charge on any atom is 0.133 e. The molecule has 1 aromatic heterocycles. The first-order valence-electron chi connectivity index (χ1n) is 6.55. The van der Waals surface area contributed by atoms with E-state index >= 15 is 0 Å². The molecule has 3 rings (SSSR count). The number of hydrogen-bond donors (Lipinski definition) is 1. The second kappa shape index (κ2) is 5.84. The van der Waals surface area contributed by atoms with Crippen LogP contribution in [0.4, 0.5) is 0 Å². The smallest absolute Gasteiger partial charge is 0.133 e. The third-order valence-electron chi connectivity index (χ3n) is 3.49. The van der Waals surface area contributed by atoms with Gasteiger partial charge in [0.1, 0.15) is 11.9 Å². The van der Waals surface area contributed by atoms with Crippen molar-refractivity contribution in [2.24, 2.45) is 0 Å². The second-order valence-corrected chi connectivity index (χ2v) is 5.60. The van der Waals surface area contributed by atoms with Crippen LogP contribution in [0.3, 0.4) is 0 Å². The number of aliphatic hydroxyl groups excluding tert-OH is 1. The molecule has 2 aromatic carbocycles. The summed E-state index contributed by atoms with van der Waals surface area (Å²) in [6, 6.07) is 13.5. The van der Waals surface area contributed by atoms with Crippen molar-refractivity contribution < 1.29 is 9.84 Å². The Balaban J connectivity index is 2.08. The number of rotatable bonds is 3. The highest BCUT2D eigenvalue weighted by atomic mass is 79.9. The molecule has 0 aliphatic heterocycles. The first-order valence-corrected chi connectivity index (χ1v) is 7.34. The van der Waals surface area contributed by atoms with Crippen LogP contribution in [0.5, 0.6) is 5.75 Å². The van der Waals surface area contributed by atoms with Gasteiger partial charge in [0.05, 0.1) is 11.6 Å². The van der Waals surface area contributed by atoms with Crippen LogP contribution >= 0.6 is 15.9 Å². The van der Waals surface area contributed by atoms with Crippen LogP contribution in [0.25, 0.3) is 10.8 Å². The second-order valence-electron chi connectivity index (χ2n) is 4.75. The zero-order valence-corrected chi connectivity index (χ0v) is 13.0. The van der Waals surface area contributed by atoms with Gasteiger partial charge >= 0.3 is 0 Å². The number of hydrogen-bond acceptors (Lipinski definition) is 3. The van der Waals surface area contributed by atoms with Crippen LogP contribution in [0, 0.1) is 0 Å². The summed E-state index contributed by atoms with van der Waals surface area (Å²) in [6.45, 7) is 0. The highest BCUT2D eigenvalue weighted by Crippen LogP contribution is 2.32. The van der Waals surface area contributed by atoms with Crippen LogP contribution in [0.15, 0.2) is 59.3 Å². The summed E-state index contributed by atoms with van der Waals surface area (Å²) in [7, 11) is 1.62. The Bertz CT molecular complexity index is 783. The predicted molar refractivity (Wildman–Crippen MR) is 86.5 cm³/mol. The lowest BCUT2D eigenvalue weighted by Crippen LogP contribution is -2.01. The molecule has 0 radical (unpaired) electrons. The van der Waals surface area contributed by atoms with Crippen molar-refractivity contribution in [2.75, 3.05) is 7.11 Å². The van der Waals surface area contributed by atoms with Crippen molar-refractivity contribution in [1.29, 1.82) is 0 Å². The van der Waals surface area contributed by atoms with Gasteiger partial charge < -0.3 is 9.84 Å². The number of methoxy groups -OCH3 is 1. The van der Waals surface area contributed by atoms with E-state index in [0.29, 0.717) is 0 Å². The van der Waals surface area contributed by atoms with Crippen molar-refractivity contribution in [3.05, 3.63) is 70.5 Å². The molecule has 1 atom stereocenters. The Labute approximate surface area is 131 Å². The van der Waals surface area contributed by atoms with Crippen molar-refractivity contribution in [3.63, 3.8) is 0 Å². The van der Waals surface area contributed by atoms with E-state index in [1.807, 2.05) is 42.5 Å². The van der Waals surface area contributed by atoms with Crippen molar-refractivity contribution in [2.45, 2.75) is 6.10 Å². The molecule has 0 fully saturated rings. The first-order chi connectivity index (χ1) is 10.2. The molecular formula is C17H14BrNO2. The Hall–Kier alpha value is -1.91. The number of ether oxygens (including phenoxy) is 1.